The zero-order valence-corrected chi connectivity index (χ0v) is 18.4. The number of fused-ring (bicyclic) bond motifs is 1. The summed E-state index contributed by atoms with van der Waals surface area (Å²) in [4.78, 5) is 17.6. The van der Waals surface area contributed by atoms with Crippen molar-refractivity contribution >= 4 is 44.5 Å². The third-order valence-electron chi connectivity index (χ3n) is 4.76. The summed E-state index contributed by atoms with van der Waals surface area (Å²) in [6.45, 7) is 0. The number of hydrogen-bond donors (Lipinski definition) is 1. The monoisotopic (exact) mass is 454 g/mol. The second-order valence-electron chi connectivity index (χ2n) is 6.98. The van der Waals surface area contributed by atoms with Crippen LogP contribution in [-0.4, -0.2) is 42.3 Å². The molecule has 1 N–H and O–H groups in total. The molecular weight excluding hydrogens is 436 g/mol. The molecule has 4 aromatic rings. The average Bonchev–Trinajstić information content (AvgIpc) is 3.12. The SMILES string of the molecule is CN(C)S(=O)(=O)c1ccc(Cl)c(C(=O)Nc2nc3ccccc3n2-c2ccccc2)c1. The van der Waals surface area contributed by atoms with E-state index in [0.717, 1.165) is 15.5 Å². The van der Waals surface area contributed by atoms with Gasteiger partial charge in [-0.05, 0) is 42.5 Å². The van der Waals surface area contributed by atoms with E-state index in [1.54, 1.807) is 0 Å². The highest BCUT2D eigenvalue weighted by atomic mass is 35.5. The highest BCUT2D eigenvalue weighted by Gasteiger charge is 2.22. The van der Waals surface area contributed by atoms with Crippen molar-refractivity contribution in [1.82, 2.24) is 13.9 Å². The van der Waals surface area contributed by atoms with E-state index in [1.807, 2.05) is 59.2 Å². The number of carbonyl (C=O) groups excluding carboxylic acids is 1. The fourth-order valence-electron chi connectivity index (χ4n) is 3.17. The van der Waals surface area contributed by atoms with Crippen LogP contribution in [0.3, 0.4) is 0 Å². The Morgan fingerprint density at radius 1 is 1.00 bits per heavy atom. The van der Waals surface area contributed by atoms with Crippen molar-refractivity contribution in [2.24, 2.45) is 0 Å². The standard InChI is InChI=1S/C22H19ClN4O3S/c1-26(2)31(29,30)16-12-13-18(23)17(14-16)21(28)25-22-24-19-10-6-7-11-20(19)27(22)15-8-4-3-5-9-15/h3-14H,1-2H3,(H,24,25,28). The third-order valence-corrected chi connectivity index (χ3v) is 6.90. The van der Waals surface area contributed by atoms with Gasteiger partial charge in [0.15, 0.2) is 0 Å². The van der Waals surface area contributed by atoms with E-state index in [1.165, 1.54) is 32.3 Å². The Bertz CT molecular complexity index is 1380. The molecule has 1 heterocycles. The van der Waals surface area contributed by atoms with Gasteiger partial charge in [-0.25, -0.2) is 17.7 Å². The lowest BCUT2D eigenvalue weighted by Crippen LogP contribution is -2.23. The summed E-state index contributed by atoms with van der Waals surface area (Å²) in [5.41, 5.74) is 2.38. The summed E-state index contributed by atoms with van der Waals surface area (Å²) in [6.07, 6.45) is 0. The maximum atomic E-state index is 13.1. The van der Waals surface area contributed by atoms with Crippen molar-refractivity contribution in [3.05, 3.63) is 83.4 Å². The van der Waals surface area contributed by atoms with Crippen LogP contribution in [0.1, 0.15) is 10.4 Å². The Kier molecular flexibility index (Phi) is 5.53. The average molecular weight is 455 g/mol. The van der Waals surface area contributed by atoms with Crippen LogP contribution < -0.4 is 5.32 Å². The molecule has 9 heteroatoms. The molecule has 0 radical (unpaired) electrons. The molecule has 0 saturated carbocycles. The molecule has 0 fully saturated rings. The van der Waals surface area contributed by atoms with Gasteiger partial charge in [-0.15, -0.1) is 0 Å². The van der Waals surface area contributed by atoms with Gasteiger partial charge in [0.1, 0.15) is 0 Å². The Morgan fingerprint density at radius 3 is 2.39 bits per heavy atom. The predicted octanol–water partition coefficient (Wildman–Crippen LogP) is 4.18. The highest BCUT2D eigenvalue weighted by molar-refractivity contribution is 7.89. The normalized spacial score (nSPS) is 11.7. The number of nitrogens with one attached hydrogen (secondary N) is 1. The number of imidazole rings is 1. The molecule has 7 nitrogen and oxygen atoms in total. The number of para-hydroxylation sites is 3. The van der Waals surface area contributed by atoms with E-state index in [9.17, 15) is 13.2 Å². The van der Waals surface area contributed by atoms with Gasteiger partial charge in [0, 0.05) is 19.8 Å². The number of sulfonamides is 1. The smallest absolute Gasteiger partial charge is 0.259 e. The van der Waals surface area contributed by atoms with E-state index in [4.69, 9.17) is 11.6 Å². The number of nitrogens with zero attached hydrogens (tertiary/aromatic N) is 3. The van der Waals surface area contributed by atoms with Gasteiger partial charge in [0.05, 0.1) is 26.5 Å². The van der Waals surface area contributed by atoms with Crippen LogP contribution in [0.25, 0.3) is 16.7 Å². The highest BCUT2D eigenvalue weighted by Crippen LogP contribution is 2.27. The van der Waals surface area contributed by atoms with Crippen LogP contribution in [0.15, 0.2) is 77.7 Å². The van der Waals surface area contributed by atoms with Gasteiger partial charge in [-0.3, -0.25) is 14.7 Å². The van der Waals surface area contributed by atoms with Crippen molar-refractivity contribution in [2.75, 3.05) is 19.4 Å². The lowest BCUT2D eigenvalue weighted by atomic mass is 10.2. The number of aromatic nitrogens is 2. The Morgan fingerprint density at radius 2 is 1.68 bits per heavy atom. The second kappa shape index (κ2) is 8.14. The molecule has 1 amide bonds. The Hall–Kier alpha value is -3.20. The van der Waals surface area contributed by atoms with E-state index in [-0.39, 0.29) is 15.5 Å². The fourth-order valence-corrected chi connectivity index (χ4v) is 4.30. The minimum Gasteiger partial charge on any atom is -0.291 e. The maximum absolute atomic E-state index is 13.1. The van der Waals surface area contributed by atoms with Gasteiger partial charge < -0.3 is 0 Å². The molecular formula is C22H19ClN4O3S. The molecule has 4 rings (SSSR count). The van der Waals surface area contributed by atoms with E-state index in [2.05, 4.69) is 10.3 Å². The van der Waals surface area contributed by atoms with Crippen molar-refractivity contribution in [3.63, 3.8) is 0 Å². The molecule has 0 aliphatic rings. The van der Waals surface area contributed by atoms with Gasteiger partial charge in [0.2, 0.25) is 16.0 Å². The van der Waals surface area contributed by atoms with Crippen LogP contribution in [0.4, 0.5) is 5.95 Å². The molecule has 31 heavy (non-hydrogen) atoms. The number of anilines is 1. The van der Waals surface area contributed by atoms with Gasteiger partial charge in [-0.2, -0.15) is 0 Å². The quantitative estimate of drug-likeness (QED) is 0.490. The Balaban J connectivity index is 1.78. The summed E-state index contributed by atoms with van der Waals surface area (Å²) >= 11 is 6.23. The zero-order chi connectivity index (χ0) is 22.2. The van der Waals surface area contributed by atoms with E-state index < -0.39 is 15.9 Å². The first-order valence-electron chi connectivity index (χ1n) is 9.35. The molecule has 0 spiro atoms. The van der Waals surface area contributed by atoms with Crippen molar-refractivity contribution in [3.8, 4) is 5.69 Å². The van der Waals surface area contributed by atoms with Crippen molar-refractivity contribution < 1.29 is 13.2 Å². The third kappa shape index (κ3) is 3.93. The van der Waals surface area contributed by atoms with Crippen LogP contribution in [-0.2, 0) is 10.0 Å². The predicted molar refractivity (Wildman–Crippen MR) is 121 cm³/mol. The summed E-state index contributed by atoms with van der Waals surface area (Å²) < 4.78 is 27.8. The molecule has 0 unspecified atom stereocenters. The molecule has 0 aliphatic heterocycles. The molecule has 0 bridgehead atoms. The van der Waals surface area contributed by atoms with Crippen molar-refractivity contribution in [1.29, 1.82) is 0 Å². The number of hydrogen-bond acceptors (Lipinski definition) is 4. The van der Waals surface area contributed by atoms with Crippen LogP contribution in [0.2, 0.25) is 5.02 Å². The number of amides is 1. The molecule has 0 saturated heterocycles. The number of rotatable bonds is 5. The van der Waals surface area contributed by atoms with Gasteiger partial charge >= 0.3 is 0 Å². The number of halogens is 1. The first-order valence-corrected chi connectivity index (χ1v) is 11.2. The summed E-state index contributed by atoms with van der Waals surface area (Å²) in [6, 6.07) is 21.0. The van der Waals surface area contributed by atoms with Crippen LogP contribution in [0.5, 0.6) is 0 Å². The molecule has 1 aromatic heterocycles. The lowest BCUT2D eigenvalue weighted by Gasteiger charge is -2.14. The minimum absolute atomic E-state index is 0.0244. The molecule has 158 valence electrons. The fraction of sp³-hybridized carbons (Fsp3) is 0.0909. The lowest BCUT2D eigenvalue weighted by molar-refractivity contribution is 0.102. The number of carbonyl (C=O) groups is 1. The van der Waals surface area contributed by atoms with Gasteiger partial charge in [0.25, 0.3) is 5.91 Å². The van der Waals surface area contributed by atoms with Crippen molar-refractivity contribution in [2.45, 2.75) is 4.90 Å². The Labute approximate surface area is 184 Å². The minimum atomic E-state index is -3.72. The summed E-state index contributed by atoms with van der Waals surface area (Å²) in [5, 5.41) is 2.92. The maximum Gasteiger partial charge on any atom is 0.259 e. The summed E-state index contributed by atoms with van der Waals surface area (Å²) in [5.74, 6) is -0.261. The van der Waals surface area contributed by atoms with E-state index >= 15 is 0 Å². The summed E-state index contributed by atoms with van der Waals surface area (Å²) in [7, 11) is -0.875. The van der Waals surface area contributed by atoms with E-state index in [0.29, 0.717) is 11.5 Å². The molecule has 0 atom stereocenters. The van der Waals surface area contributed by atoms with Crippen LogP contribution >= 0.6 is 11.6 Å². The number of benzene rings is 3. The first kappa shape index (κ1) is 21.0. The largest absolute Gasteiger partial charge is 0.291 e. The molecule has 0 aliphatic carbocycles. The second-order valence-corrected chi connectivity index (χ2v) is 9.54. The first-order chi connectivity index (χ1) is 14.8. The van der Waals surface area contributed by atoms with Crippen LogP contribution in [0, 0.1) is 0 Å². The van der Waals surface area contributed by atoms with Gasteiger partial charge in [-0.1, -0.05) is 41.9 Å². The zero-order valence-electron chi connectivity index (χ0n) is 16.8. The molecule has 3 aromatic carbocycles. The topological polar surface area (TPSA) is 84.3 Å².